The van der Waals surface area contributed by atoms with E-state index >= 15 is 0 Å². The van der Waals surface area contributed by atoms with Gasteiger partial charge in [0.1, 0.15) is 19.8 Å². The SMILES string of the molecule is CC/C=C\C/C=C\C/C=C\C/C=C\CCCCCCCCCCCCCCCCCCCCC(=O)OC(COC(=O)CCCCCCCCCC/C=C\C/C=C\C/C=C\CCCCCCC)COP(=O)([O-])OCC[N+](C)(C)C. The quantitative estimate of drug-likeness (QED) is 0.0195. The molecule has 0 aliphatic carbocycles. The molecule has 0 aliphatic rings. The lowest BCUT2D eigenvalue weighted by Crippen LogP contribution is -2.37. The van der Waals surface area contributed by atoms with Crippen LogP contribution in [-0.4, -0.2) is 70.0 Å². The van der Waals surface area contributed by atoms with Gasteiger partial charge in [-0.2, -0.15) is 0 Å². The Balaban J connectivity index is 4.09. The molecule has 0 aliphatic heterocycles. The van der Waals surface area contributed by atoms with Crippen molar-refractivity contribution in [3.63, 3.8) is 0 Å². The summed E-state index contributed by atoms with van der Waals surface area (Å²) in [5.41, 5.74) is 0. The van der Waals surface area contributed by atoms with Crippen LogP contribution in [0.5, 0.6) is 0 Å². The molecule has 2 unspecified atom stereocenters. The second-order valence-electron chi connectivity index (χ2n) is 22.7. The molecular weight excluding hydrogens is 990 g/mol. The van der Waals surface area contributed by atoms with E-state index < -0.39 is 26.5 Å². The van der Waals surface area contributed by atoms with E-state index in [2.05, 4.69) is 98.9 Å². The topological polar surface area (TPSA) is 111 Å². The number of unbranched alkanes of at least 4 members (excludes halogenated alkanes) is 31. The Morgan fingerprint density at radius 1 is 0.410 bits per heavy atom. The van der Waals surface area contributed by atoms with Crippen molar-refractivity contribution in [2.75, 3.05) is 47.5 Å². The number of carbonyl (C=O) groups excluding carboxylic acids is 2. The molecule has 452 valence electrons. The fourth-order valence-corrected chi connectivity index (χ4v) is 9.68. The van der Waals surface area contributed by atoms with Gasteiger partial charge in [0.25, 0.3) is 7.82 Å². The van der Waals surface area contributed by atoms with Crippen LogP contribution >= 0.6 is 7.82 Å². The molecule has 0 aromatic rings. The lowest BCUT2D eigenvalue weighted by atomic mass is 10.0. The molecule has 0 spiro atoms. The third-order valence-electron chi connectivity index (χ3n) is 13.9. The fraction of sp³-hybridized carbons (Fsp3) is 0.765. The number of hydrogen-bond donors (Lipinski definition) is 0. The van der Waals surface area contributed by atoms with Gasteiger partial charge < -0.3 is 27.9 Å². The van der Waals surface area contributed by atoms with Crippen LogP contribution in [0.25, 0.3) is 0 Å². The molecule has 0 amide bonds. The molecule has 78 heavy (non-hydrogen) atoms. The number of carbonyl (C=O) groups is 2. The summed E-state index contributed by atoms with van der Waals surface area (Å²) < 4.78 is 34.3. The molecule has 0 N–H and O–H groups in total. The van der Waals surface area contributed by atoms with Crippen LogP contribution < -0.4 is 4.89 Å². The maximum absolute atomic E-state index is 12.8. The molecular formula is C68H122NO8P. The molecule has 0 aromatic heterocycles. The summed E-state index contributed by atoms with van der Waals surface area (Å²) >= 11 is 0. The van der Waals surface area contributed by atoms with Gasteiger partial charge in [0.05, 0.1) is 27.7 Å². The first kappa shape index (κ1) is 75.2. The number of nitrogens with zero attached hydrogens (tertiary/aromatic N) is 1. The molecule has 0 aromatic carbocycles. The fourth-order valence-electron chi connectivity index (χ4n) is 8.95. The molecule has 0 saturated heterocycles. The van der Waals surface area contributed by atoms with Gasteiger partial charge in [-0.25, -0.2) is 0 Å². The number of hydrogen-bond acceptors (Lipinski definition) is 8. The summed E-state index contributed by atoms with van der Waals surface area (Å²) in [4.78, 5) is 38.0. The van der Waals surface area contributed by atoms with E-state index in [1.54, 1.807) is 0 Å². The minimum Gasteiger partial charge on any atom is -0.756 e. The standard InChI is InChI=1S/C68H122NO8P/c1-6-8-10-12-14-16-18-20-22-24-26-28-30-31-32-33-34-35-36-37-39-41-43-45-47-49-51-53-55-57-59-61-68(71)77-66(65-76-78(72,73)75-63-62-69(3,4)5)64-74-67(70)60-58-56-54-52-50-48-46-44-42-40-38-29-27-25-23-21-19-17-15-13-11-9-7-2/h8,10,14,16,19-22,25-28,38,40,66H,6-7,9,11-13,15,17-18,23-24,29-37,39,41-65H2,1-5H3/b10-8-,16-14-,21-19-,22-20-,27-25-,28-26-,40-38-. The van der Waals surface area contributed by atoms with E-state index in [1.807, 2.05) is 21.1 Å². The van der Waals surface area contributed by atoms with Crippen molar-refractivity contribution < 1.29 is 42.1 Å². The minimum absolute atomic E-state index is 0.0340. The third kappa shape index (κ3) is 62.4. The summed E-state index contributed by atoms with van der Waals surface area (Å²) in [6, 6.07) is 0. The minimum atomic E-state index is -4.64. The Morgan fingerprint density at radius 2 is 0.731 bits per heavy atom. The molecule has 0 bridgehead atoms. The number of rotatable bonds is 59. The molecule has 0 fully saturated rings. The van der Waals surface area contributed by atoms with Gasteiger partial charge in [0, 0.05) is 12.8 Å². The van der Waals surface area contributed by atoms with Crippen molar-refractivity contribution in [2.45, 2.75) is 290 Å². The highest BCUT2D eigenvalue weighted by Crippen LogP contribution is 2.38. The zero-order valence-electron chi connectivity index (χ0n) is 51.3. The van der Waals surface area contributed by atoms with Gasteiger partial charge in [-0.05, 0) is 89.9 Å². The van der Waals surface area contributed by atoms with Crippen LogP contribution in [0.3, 0.4) is 0 Å². The number of ether oxygens (including phenoxy) is 2. The monoisotopic (exact) mass is 1110 g/mol. The first-order chi connectivity index (χ1) is 38.0. The Bertz CT molecular complexity index is 1590. The second kappa shape index (κ2) is 58.8. The first-order valence-corrected chi connectivity index (χ1v) is 33.8. The van der Waals surface area contributed by atoms with Crippen LogP contribution in [0.4, 0.5) is 0 Å². The van der Waals surface area contributed by atoms with Crippen LogP contribution in [0, 0.1) is 0 Å². The predicted octanol–water partition coefficient (Wildman–Crippen LogP) is 20.0. The lowest BCUT2D eigenvalue weighted by molar-refractivity contribution is -0.870. The van der Waals surface area contributed by atoms with Crippen molar-refractivity contribution in [2.24, 2.45) is 0 Å². The number of allylic oxidation sites excluding steroid dienone is 14. The second-order valence-corrected chi connectivity index (χ2v) is 24.2. The van der Waals surface area contributed by atoms with E-state index in [9.17, 15) is 19.0 Å². The number of likely N-dealkylation sites (N-methyl/N-ethyl adjacent to an activating group) is 1. The summed E-state index contributed by atoms with van der Waals surface area (Å²) in [6.07, 6.45) is 79.3. The maximum Gasteiger partial charge on any atom is 0.306 e. The maximum atomic E-state index is 12.8. The number of quaternary nitrogens is 1. The highest BCUT2D eigenvalue weighted by molar-refractivity contribution is 7.45. The summed E-state index contributed by atoms with van der Waals surface area (Å²) in [5, 5.41) is 0. The van der Waals surface area contributed by atoms with Gasteiger partial charge in [0.2, 0.25) is 0 Å². The van der Waals surface area contributed by atoms with Gasteiger partial charge in [-0.1, -0.05) is 266 Å². The van der Waals surface area contributed by atoms with E-state index in [0.29, 0.717) is 17.4 Å². The molecule has 0 heterocycles. The smallest absolute Gasteiger partial charge is 0.306 e. The largest absolute Gasteiger partial charge is 0.756 e. The Morgan fingerprint density at radius 3 is 1.09 bits per heavy atom. The predicted molar refractivity (Wildman–Crippen MR) is 332 cm³/mol. The van der Waals surface area contributed by atoms with Gasteiger partial charge >= 0.3 is 11.9 Å². The molecule has 0 rings (SSSR count). The summed E-state index contributed by atoms with van der Waals surface area (Å²) in [6.45, 7) is 4.13. The van der Waals surface area contributed by atoms with Crippen molar-refractivity contribution in [1.29, 1.82) is 0 Å². The van der Waals surface area contributed by atoms with E-state index in [4.69, 9.17) is 18.5 Å². The van der Waals surface area contributed by atoms with Crippen molar-refractivity contribution in [3.8, 4) is 0 Å². The normalized spacial score (nSPS) is 13.8. The average Bonchev–Trinajstić information content (AvgIpc) is 3.40. The van der Waals surface area contributed by atoms with Gasteiger partial charge in [-0.15, -0.1) is 0 Å². The van der Waals surface area contributed by atoms with Crippen LogP contribution in [0.1, 0.15) is 284 Å². The summed E-state index contributed by atoms with van der Waals surface area (Å²) in [5.74, 6) is -0.835. The van der Waals surface area contributed by atoms with Crippen LogP contribution in [0.15, 0.2) is 85.1 Å². The lowest BCUT2D eigenvalue weighted by Gasteiger charge is -2.28. The number of phosphoric ester groups is 1. The molecule has 2 atom stereocenters. The van der Waals surface area contributed by atoms with Crippen LogP contribution in [0.2, 0.25) is 0 Å². The van der Waals surface area contributed by atoms with Gasteiger partial charge in [-0.3, -0.25) is 14.2 Å². The van der Waals surface area contributed by atoms with Crippen molar-refractivity contribution in [1.82, 2.24) is 0 Å². The van der Waals surface area contributed by atoms with E-state index in [-0.39, 0.29) is 32.0 Å². The number of phosphoric acid groups is 1. The Labute approximate surface area is 481 Å². The molecule has 0 radical (unpaired) electrons. The zero-order chi connectivity index (χ0) is 57.0. The van der Waals surface area contributed by atoms with Gasteiger partial charge in [0.15, 0.2) is 6.10 Å². The molecule has 9 nitrogen and oxygen atoms in total. The Kier molecular flexibility index (Phi) is 56.7. The van der Waals surface area contributed by atoms with Crippen molar-refractivity contribution in [3.05, 3.63) is 85.1 Å². The molecule has 0 saturated carbocycles. The number of esters is 2. The first-order valence-electron chi connectivity index (χ1n) is 32.3. The summed E-state index contributed by atoms with van der Waals surface area (Å²) in [7, 11) is 1.16. The van der Waals surface area contributed by atoms with E-state index in [1.165, 1.54) is 161 Å². The van der Waals surface area contributed by atoms with E-state index in [0.717, 1.165) is 89.9 Å². The average molecular weight is 1110 g/mol. The highest BCUT2D eigenvalue weighted by Gasteiger charge is 2.22. The highest BCUT2D eigenvalue weighted by atomic mass is 31.2. The van der Waals surface area contributed by atoms with Crippen molar-refractivity contribution >= 4 is 19.8 Å². The Hall–Kier alpha value is -2.81. The molecule has 10 heteroatoms. The zero-order valence-corrected chi connectivity index (χ0v) is 52.2. The van der Waals surface area contributed by atoms with Crippen LogP contribution in [-0.2, 0) is 32.7 Å². The third-order valence-corrected chi connectivity index (χ3v) is 14.9.